The van der Waals surface area contributed by atoms with E-state index in [9.17, 15) is 18.0 Å². The molecular formula is C13H15F3N2O2. The van der Waals surface area contributed by atoms with Crippen LogP contribution in [0.3, 0.4) is 0 Å². The summed E-state index contributed by atoms with van der Waals surface area (Å²) in [4.78, 5) is 12.0. The molecule has 7 heteroatoms. The first-order valence-electron chi connectivity index (χ1n) is 6.23. The Labute approximate surface area is 114 Å². The third-order valence-corrected chi connectivity index (χ3v) is 3.15. The maximum atomic E-state index is 12.9. The number of nitrogens with two attached hydrogens (primary N) is 1. The molecule has 2 rings (SSSR count). The van der Waals surface area contributed by atoms with E-state index in [1.54, 1.807) is 0 Å². The number of carbonyl (C=O) groups is 1. The number of hydrogen-bond donors (Lipinski definition) is 2. The van der Waals surface area contributed by atoms with Crippen LogP contribution in [-0.4, -0.2) is 25.2 Å². The van der Waals surface area contributed by atoms with Gasteiger partial charge in [-0.15, -0.1) is 0 Å². The van der Waals surface area contributed by atoms with Crippen LogP contribution in [0.4, 0.5) is 18.9 Å². The van der Waals surface area contributed by atoms with Gasteiger partial charge >= 0.3 is 6.18 Å². The Kier molecular flexibility index (Phi) is 4.17. The summed E-state index contributed by atoms with van der Waals surface area (Å²) < 4.78 is 43.9. The molecule has 0 bridgehead atoms. The van der Waals surface area contributed by atoms with E-state index in [0.29, 0.717) is 26.1 Å². The second-order valence-corrected chi connectivity index (χ2v) is 4.66. The van der Waals surface area contributed by atoms with Crippen LogP contribution in [0.15, 0.2) is 18.2 Å². The summed E-state index contributed by atoms with van der Waals surface area (Å²) in [6, 6.07) is 3.01. The van der Waals surface area contributed by atoms with Crippen molar-refractivity contribution in [1.82, 2.24) is 5.32 Å². The monoisotopic (exact) mass is 288 g/mol. The van der Waals surface area contributed by atoms with E-state index < -0.39 is 23.2 Å². The predicted octanol–water partition coefficient (Wildman–Crippen LogP) is 2.20. The minimum Gasteiger partial charge on any atom is -0.399 e. The second kappa shape index (κ2) is 5.70. The van der Waals surface area contributed by atoms with E-state index >= 15 is 0 Å². The third-order valence-electron chi connectivity index (χ3n) is 3.15. The molecule has 20 heavy (non-hydrogen) atoms. The lowest BCUT2D eigenvalue weighted by atomic mass is 10.0. The van der Waals surface area contributed by atoms with Crippen LogP contribution in [-0.2, 0) is 10.9 Å². The van der Waals surface area contributed by atoms with Crippen molar-refractivity contribution in [3.63, 3.8) is 0 Å². The molecule has 1 heterocycles. The molecule has 1 aliphatic heterocycles. The minimum atomic E-state index is -4.61. The number of benzene rings is 1. The molecule has 0 aromatic heterocycles. The fourth-order valence-electron chi connectivity index (χ4n) is 2.10. The summed E-state index contributed by atoms with van der Waals surface area (Å²) in [5.41, 5.74) is 3.92. The molecule has 1 fully saturated rings. The topological polar surface area (TPSA) is 64.4 Å². The summed E-state index contributed by atoms with van der Waals surface area (Å²) in [7, 11) is 0. The Balaban J connectivity index is 2.20. The van der Waals surface area contributed by atoms with Gasteiger partial charge in [-0.25, -0.2) is 0 Å². The normalized spacial score (nSPS) is 16.9. The van der Waals surface area contributed by atoms with E-state index in [1.165, 1.54) is 6.07 Å². The van der Waals surface area contributed by atoms with Gasteiger partial charge in [-0.3, -0.25) is 4.79 Å². The Bertz CT molecular complexity index is 497. The summed E-state index contributed by atoms with van der Waals surface area (Å²) in [5, 5.41) is 2.61. The number of anilines is 1. The number of halogens is 3. The first kappa shape index (κ1) is 14.6. The molecule has 4 nitrogen and oxygen atoms in total. The lowest BCUT2D eigenvalue weighted by Crippen LogP contribution is -2.39. The largest absolute Gasteiger partial charge is 0.417 e. The standard InChI is InChI=1S/C13H15F3N2O2/c14-13(15,16)11-7-8(17)1-2-10(11)12(19)18-9-3-5-20-6-4-9/h1-2,7,9H,3-6,17H2,(H,18,19). The molecule has 0 spiro atoms. The number of hydrogen-bond acceptors (Lipinski definition) is 3. The molecule has 0 aliphatic carbocycles. The average Bonchev–Trinajstić information content (AvgIpc) is 2.38. The summed E-state index contributed by atoms with van der Waals surface area (Å²) in [6.45, 7) is 0.998. The SMILES string of the molecule is Nc1ccc(C(=O)NC2CCOCC2)c(C(F)(F)F)c1. The lowest BCUT2D eigenvalue weighted by molar-refractivity contribution is -0.137. The zero-order valence-electron chi connectivity index (χ0n) is 10.7. The highest BCUT2D eigenvalue weighted by Gasteiger charge is 2.35. The van der Waals surface area contributed by atoms with Crippen molar-refractivity contribution in [3.8, 4) is 0 Å². The molecule has 0 atom stereocenters. The van der Waals surface area contributed by atoms with Gasteiger partial charge in [-0.2, -0.15) is 13.2 Å². The second-order valence-electron chi connectivity index (χ2n) is 4.66. The zero-order valence-corrected chi connectivity index (χ0v) is 10.7. The number of ether oxygens (including phenoxy) is 1. The minimum absolute atomic E-state index is 0.0278. The molecule has 1 aromatic carbocycles. The molecule has 1 amide bonds. The summed E-state index contributed by atoms with van der Waals surface area (Å²) in [6.07, 6.45) is -3.41. The Morgan fingerprint density at radius 1 is 1.30 bits per heavy atom. The molecule has 1 saturated heterocycles. The molecule has 1 aliphatic rings. The van der Waals surface area contributed by atoms with Crippen LogP contribution < -0.4 is 11.1 Å². The van der Waals surface area contributed by atoms with Gasteiger partial charge in [0.05, 0.1) is 11.1 Å². The van der Waals surface area contributed by atoms with Crippen LogP contribution in [0.2, 0.25) is 0 Å². The van der Waals surface area contributed by atoms with E-state index in [1.807, 2.05) is 0 Å². The molecular weight excluding hydrogens is 273 g/mol. The fourth-order valence-corrected chi connectivity index (χ4v) is 2.10. The van der Waals surface area contributed by atoms with Gasteiger partial charge in [-0.1, -0.05) is 0 Å². The Morgan fingerprint density at radius 3 is 2.55 bits per heavy atom. The van der Waals surface area contributed by atoms with Crippen molar-refractivity contribution < 1.29 is 22.7 Å². The highest BCUT2D eigenvalue weighted by Crippen LogP contribution is 2.33. The Hall–Kier alpha value is -1.76. The van der Waals surface area contributed by atoms with Crippen molar-refractivity contribution in [2.75, 3.05) is 18.9 Å². The van der Waals surface area contributed by atoms with E-state index in [4.69, 9.17) is 10.5 Å². The maximum absolute atomic E-state index is 12.9. The van der Waals surface area contributed by atoms with E-state index in [-0.39, 0.29) is 11.7 Å². The quantitative estimate of drug-likeness (QED) is 0.820. The number of carbonyl (C=O) groups excluding carboxylic acids is 1. The van der Waals surface area contributed by atoms with Crippen LogP contribution in [0.5, 0.6) is 0 Å². The number of nitrogens with one attached hydrogen (secondary N) is 1. The summed E-state index contributed by atoms with van der Waals surface area (Å²) in [5.74, 6) is -0.732. The highest BCUT2D eigenvalue weighted by molar-refractivity contribution is 5.96. The van der Waals surface area contributed by atoms with Crippen LogP contribution in [0, 0.1) is 0 Å². The van der Waals surface area contributed by atoms with Gasteiger partial charge in [0, 0.05) is 24.9 Å². The maximum Gasteiger partial charge on any atom is 0.417 e. The third kappa shape index (κ3) is 3.41. The van der Waals surface area contributed by atoms with Gasteiger partial charge in [0.1, 0.15) is 0 Å². The Morgan fingerprint density at radius 2 is 1.95 bits per heavy atom. The molecule has 0 unspecified atom stereocenters. The van der Waals surface area contributed by atoms with Gasteiger partial charge in [-0.05, 0) is 31.0 Å². The number of alkyl halides is 3. The number of nitrogen functional groups attached to an aromatic ring is 1. The van der Waals surface area contributed by atoms with E-state index in [0.717, 1.165) is 12.1 Å². The fraction of sp³-hybridized carbons (Fsp3) is 0.462. The first-order chi connectivity index (χ1) is 9.38. The molecule has 0 radical (unpaired) electrons. The molecule has 0 saturated carbocycles. The van der Waals surface area contributed by atoms with E-state index in [2.05, 4.69) is 5.32 Å². The van der Waals surface area contributed by atoms with Crippen molar-refractivity contribution in [2.45, 2.75) is 25.1 Å². The van der Waals surface area contributed by atoms with Crippen molar-refractivity contribution in [1.29, 1.82) is 0 Å². The van der Waals surface area contributed by atoms with Gasteiger partial charge < -0.3 is 15.8 Å². The smallest absolute Gasteiger partial charge is 0.399 e. The number of rotatable bonds is 2. The van der Waals surface area contributed by atoms with Gasteiger partial charge in [0.2, 0.25) is 0 Å². The van der Waals surface area contributed by atoms with Gasteiger partial charge in [0.15, 0.2) is 0 Å². The molecule has 3 N–H and O–H groups in total. The molecule has 1 aromatic rings. The lowest BCUT2D eigenvalue weighted by Gasteiger charge is -2.24. The number of amides is 1. The average molecular weight is 288 g/mol. The zero-order chi connectivity index (χ0) is 14.8. The summed E-state index contributed by atoms with van der Waals surface area (Å²) >= 11 is 0. The van der Waals surface area contributed by atoms with Crippen molar-refractivity contribution in [2.24, 2.45) is 0 Å². The first-order valence-corrected chi connectivity index (χ1v) is 6.23. The highest BCUT2D eigenvalue weighted by atomic mass is 19.4. The van der Waals surface area contributed by atoms with Crippen LogP contribution in [0.25, 0.3) is 0 Å². The predicted molar refractivity (Wildman–Crippen MR) is 67.2 cm³/mol. The van der Waals surface area contributed by atoms with Crippen LogP contribution in [0.1, 0.15) is 28.8 Å². The molecule has 110 valence electrons. The van der Waals surface area contributed by atoms with Crippen LogP contribution >= 0.6 is 0 Å². The van der Waals surface area contributed by atoms with Crippen molar-refractivity contribution >= 4 is 11.6 Å². The van der Waals surface area contributed by atoms with Gasteiger partial charge in [0.25, 0.3) is 5.91 Å². The van der Waals surface area contributed by atoms with Crippen molar-refractivity contribution in [3.05, 3.63) is 29.3 Å².